The minimum Gasteiger partial charge on any atom is -0.462 e. The van der Waals surface area contributed by atoms with Gasteiger partial charge in [-0.05, 0) is 31.6 Å². The summed E-state index contributed by atoms with van der Waals surface area (Å²) in [6.45, 7) is 7.13. The summed E-state index contributed by atoms with van der Waals surface area (Å²) in [7, 11) is -9.90. The normalized spacial score (nSPS) is 13.9. The molecule has 0 amide bonds. The molecule has 0 aromatic heterocycles. The summed E-state index contributed by atoms with van der Waals surface area (Å²) in [6.07, 6.45) is 60.5. The Morgan fingerprint density at radius 3 is 0.708 bits per heavy atom. The van der Waals surface area contributed by atoms with Crippen LogP contribution in [0.15, 0.2) is 0 Å². The molecule has 0 aliphatic rings. The van der Waals surface area contributed by atoms with E-state index in [-0.39, 0.29) is 25.7 Å². The van der Waals surface area contributed by atoms with Crippen molar-refractivity contribution in [1.29, 1.82) is 0 Å². The van der Waals surface area contributed by atoms with E-state index >= 15 is 0 Å². The second kappa shape index (κ2) is 70.1. The number of carbonyl (C=O) groups is 4. The number of carbonyl (C=O) groups excluding carboxylic acids is 4. The van der Waals surface area contributed by atoms with Gasteiger partial charge in [-0.1, -0.05) is 356 Å². The number of esters is 4. The van der Waals surface area contributed by atoms with Gasteiger partial charge in [-0.3, -0.25) is 37.3 Å². The minimum atomic E-state index is -4.96. The first-order chi connectivity index (χ1) is 46.5. The fourth-order valence-corrected chi connectivity index (χ4v) is 13.5. The lowest BCUT2D eigenvalue weighted by molar-refractivity contribution is -0.161. The average Bonchev–Trinajstić information content (AvgIpc) is 1.52. The van der Waals surface area contributed by atoms with Gasteiger partial charge in [0, 0.05) is 25.7 Å². The van der Waals surface area contributed by atoms with E-state index in [0.717, 1.165) is 96.3 Å². The fourth-order valence-electron chi connectivity index (χ4n) is 11.9. The summed E-state index contributed by atoms with van der Waals surface area (Å²) in [5.74, 6) is -1.43. The molecule has 0 heterocycles. The zero-order valence-electron chi connectivity index (χ0n) is 62.5. The van der Waals surface area contributed by atoms with Crippen LogP contribution in [0.5, 0.6) is 0 Å². The SMILES string of the molecule is CCCCCCCCCCCCCCCCCCCCCCCC(=O)O[C@H](COC(=O)CCCCCCCCCCCCCCCCCCCCCC)COP(=O)(O)OC[C@@H](O)COP(=O)(O)OC[C@@H](COC(=O)CCCCCCC)OC(=O)CCCCCCCCCC(C)C. The smallest absolute Gasteiger partial charge is 0.462 e. The molecule has 0 spiro atoms. The van der Waals surface area contributed by atoms with Crippen molar-refractivity contribution in [3.63, 3.8) is 0 Å². The molecule has 0 aromatic rings. The highest BCUT2D eigenvalue weighted by molar-refractivity contribution is 7.47. The Hall–Kier alpha value is -1.94. The molecule has 0 fully saturated rings. The van der Waals surface area contributed by atoms with Gasteiger partial charge in [0.25, 0.3) is 0 Å². The van der Waals surface area contributed by atoms with Crippen LogP contribution in [0.4, 0.5) is 0 Å². The maximum absolute atomic E-state index is 13.1. The first kappa shape index (κ1) is 94.1. The minimum absolute atomic E-state index is 0.103. The van der Waals surface area contributed by atoms with Crippen LogP contribution in [0, 0.1) is 5.92 Å². The zero-order valence-corrected chi connectivity index (χ0v) is 64.3. The first-order valence-electron chi connectivity index (χ1n) is 40.1. The number of unbranched alkanes of at least 4 members (excludes halogenated alkanes) is 49. The van der Waals surface area contributed by atoms with Crippen molar-refractivity contribution >= 4 is 39.5 Å². The maximum Gasteiger partial charge on any atom is 0.472 e. The maximum atomic E-state index is 13.1. The Kier molecular flexibility index (Phi) is 68.7. The molecule has 19 heteroatoms. The average molecular weight is 1410 g/mol. The molecule has 2 unspecified atom stereocenters. The fraction of sp³-hybridized carbons (Fsp3) is 0.948. The van der Waals surface area contributed by atoms with Crippen molar-refractivity contribution in [2.75, 3.05) is 39.6 Å². The Morgan fingerprint density at radius 1 is 0.281 bits per heavy atom. The third-order valence-electron chi connectivity index (χ3n) is 18.0. The summed E-state index contributed by atoms with van der Waals surface area (Å²) in [5, 5.41) is 10.6. The summed E-state index contributed by atoms with van der Waals surface area (Å²) < 4.78 is 68.2. The van der Waals surface area contributed by atoms with Crippen LogP contribution in [-0.4, -0.2) is 96.7 Å². The van der Waals surface area contributed by atoms with E-state index in [0.29, 0.717) is 31.6 Å². The molecule has 17 nitrogen and oxygen atoms in total. The van der Waals surface area contributed by atoms with E-state index < -0.39 is 97.5 Å². The van der Waals surface area contributed by atoms with E-state index in [9.17, 15) is 43.2 Å². The second-order valence-corrected chi connectivity index (χ2v) is 31.1. The van der Waals surface area contributed by atoms with Gasteiger partial charge in [-0.15, -0.1) is 0 Å². The number of phosphoric acid groups is 2. The van der Waals surface area contributed by atoms with Gasteiger partial charge in [0.15, 0.2) is 12.2 Å². The van der Waals surface area contributed by atoms with Gasteiger partial charge < -0.3 is 33.8 Å². The largest absolute Gasteiger partial charge is 0.472 e. The molecule has 570 valence electrons. The molecular weight excluding hydrogens is 1260 g/mol. The third kappa shape index (κ3) is 70.5. The van der Waals surface area contributed by atoms with Gasteiger partial charge in [0.2, 0.25) is 0 Å². The Morgan fingerprint density at radius 2 is 0.479 bits per heavy atom. The van der Waals surface area contributed by atoms with Crippen molar-refractivity contribution < 1.29 is 80.2 Å². The number of aliphatic hydroxyl groups excluding tert-OH is 1. The zero-order chi connectivity index (χ0) is 70.5. The van der Waals surface area contributed by atoms with E-state index in [2.05, 4.69) is 34.6 Å². The van der Waals surface area contributed by atoms with Crippen LogP contribution in [-0.2, 0) is 65.4 Å². The van der Waals surface area contributed by atoms with Gasteiger partial charge >= 0.3 is 39.5 Å². The van der Waals surface area contributed by atoms with Crippen LogP contribution in [0.2, 0.25) is 0 Å². The monoisotopic (exact) mass is 1410 g/mol. The number of hydrogen-bond acceptors (Lipinski definition) is 15. The molecule has 0 aromatic carbocycles. The predicted molar refractivity (Wildman–Crippen MR) is 391 cm³/mol. The van der Waals surface area contributed by atoms with Gasteiger partial charge in [-0.25, -0.2) is 9.13 Å². The molecule has 0 aliphatic carbocycles. The van der Waals surface area contributed by atoms with E-state index in [1.807, 2.05) is 0 Å². The lowest BCUT2D eigenvalue weighted by Crippen LogP contribution is -2.30. The number of rotatable bonds is 77. The highest BCUT2D eigenvalue weighted by Crippen LogP contribution is 2.45. The van der Waals surface area contributed by atoms with Crippen molar-refractivity contribution in [3.8, 4) is 0 Å². The molecule has 0 aliphatic heterocycles. The lowest BCUT2D eigenvalue weighted by atomic mass is 10.0. The number of ether oxygens (including phenoxy) is 4. The van der Waals surface area contributed by atoms with Gasteiger partial charge in [-0.2, -0.15) is 0 Å². The van der Waals surface area contributed by atoms with Crippen LogP contribution in [0.1, 0.15) is 407 Å². The molecule has 0 saturated heterocycles. The Bertz CT molecular complexity index is 1840. The summed E-state index contributed by atoms with van der Waals surface area (Å²) in [5.41, 5.74) is 0. The van der Waals surface area contributed by atoms with E-state index in [4.69, 9.17) is 37.0 Å². The molecule has 96 heavy (non-hydrogen) atoms. The summed E-state index contributed by atoms with van der Waals surface area (Å²) in [4.78, 5) is 72.5. The highest BCUT2D eigenvalue weighted by Gasteiger charge is 2.30. The summed E-state index contributed by atoms with van der Waals surface area (Å²) >= 11 is 0. The number of hydrogen-bond donors (Lipinski definition) is 3. The highest BCUT2D eigenvalue weighted by atomic mass is 31.2. The quantitative estimate of drug-likeness (QED) is 0.0222. The Balaban J connectivity index is 5.09. The molecule has 0 radical (unpaired) electrons. The molecule has 3 N–H and O–H groups in total. The van der Waals surface area contributed by atoms with Crippen LogP contribution < -0.4 is 0 Å². The summed E-state index contributed by atoms with van der Waals surface area (Å²) in [6, 6.07) is 0. The number of aliphatic hydroxyl groups is 1. The van der Waals surface area contributed by atoms with Crippen LogP contribution in [0.3, 0.4) is 0 Å². The van der Waals surface area contributed by atoms with E-state index in [1.165, 1.54) is 225 Å². The topological polar surface area (TPSA) is 237 Å². The number of phosphoric ester groups is 2. The molecule has 0 bridgehead atoms. The van der Waals surface area contributed by atoms with Crippen molar-refractivity contribution in [1.82, 2.24) is 0 Å². The third-order valence-corrected chi connectivity index (χ3v) is 19.9. The van der Waals surface area contributed by atoms with Crippen LogP contribution in [0.25, 0.3) is 0 Å². The molecular formula is C77H150O17P2. The Labute approximate surface area is 588 Å². The molecule has 5 atom stereocenters. The van der Waals surface area contributed by atoms with Crippen molar-refractivity contribution in [2.45, 2.75) is 425 Å². The van der Waals surface area contributed by atoms with Crippen molar-refractivity contribution in [2.24, 2.45) is 5.92 Å². The first-order valence-corrected chi connectivity index (χ1v) is 43.1. The van der Waals surface area contributed by atoms with Crippen molar-refractivity contribution in [3.05, 3.63) is 0 Å². The van der Waals surface area contributed by atoms with Gasteiger partial charge in [0.1, 0.15) is 19.3 Å². The standard InChI is InChI=1S/C77H150O17P2/c1-6-9-12-15-17-19-21-23-25-27-29-31-33-35-37-39-41-43-47-52-57-62-76(81)94-73(67-88-75(80)61-56-51-46-42-40-38-36-34-32-30-28-26-24-22-20-18-16-13-10-7-2)69-92-96(85,86)90-65-71(78)64-89-95(83,84)91-68-72(66-87-74(79)60-55-49-14-11-8-3)93-77(82)63-58-53-48-44-45-50-54-59-70(4)5/h70-73,78H,6-69H2,1-5H3,(H,83,84)(H,85,86)/t71-,72+,73+/m0/s1. The van der Waals surface area contributed by atoms with Gasteiger partial charge in [0.05, 0.1) is 26.4 Å². The van der Waals surface area contributed by atoms with E-state index in [1.54, 1.807) is 0 Å². The second-order valence-electron chi connectivity index (χ2n) is 28.2. The predicted octanol–water partition coefficient (Wildman–Crippen LogP) is 22.9. The molecule has 0 saturated carbocycles. The van der Waals surface area contributed by atoms with Crippen LogP contribution >= 0.6 is 15.6 Å². The lowest BCUT2D eigenvalue weighted by Gasteiger charge is -2.21. The molecule has 0 rings (SSSR count).